The molecule has 1 fully saturated rings. The third-order valence-electron chi connectivity index (χ3n) is 2.94. The lowest BCUT2D eigenvalue weighted by atomic mass is 9.95. The second-order valence-corrected chi connectivity index (χ2v) is 4.35. The monoisotopic (exact) mass is 251 g/mol. The first kappa shape index (κ1) is 12.2. The number of rotatable bonds is 3. The van der Waals surface area contributed by atoms with Crippen LogP contribution >= 0.6 is 0 Å². The fourth-order valence-corrected chi connectivity index (χ4v) is 2.02. The molecule has 0 spiro atoms. The number of aliphatic carboxylic acids is 1. The minimum absolute atomic E-state index is 0.0243. The van der Waals surface area contributed by atoms with Gasteiger partial charge in [0.1, 0.15) is 17.1 Å². The third kappa shape index (κ3) is 2.22. The number of hydrogen-bond donors (Lipinski definition) is 3. The number of amides is 1. The summed E-state index contributed by atoms with van der Waals surface area (Å²) in [6.45, 7) is 0.664. The summed E-state index contributed by atoms with van der Waals surface area (Å²) in [6.07, 6.45) is 0.0243. The summed E-state index contributed by atoms with van der Waals surface area (Å²) < 4.78 is 0. The van der Waals surface area contributed by atoms with Crippen LogP contribution in [0.5, 0.6) is 11.5 Å². The Morgan fingerprint density at radius 3 is 2.28 bits per heavy atom. The Labute approximate surface area is 103 Å². The first-order chi connectivity index (χ1) is 8.49. The molecule has 1 aliphatic heterocycles. The number of nitrogens with zero attached hydrogens (tertiary/aromatic N) is 1. The van der Waals surface area contributed by atoms with E-state index in [1.807, 2.05) is 0 Å². The van der Waals surface area contributed by atoms with Gasteiger partial charge in [-0.3, -0.25) is 9.59 Å². The van der Waals surface area contributed by atoms with E-state index in [1.54, 1.807) is 0 Å². The molecule has 18 heavy (non-hydrogen) atoms. The van der Waals surface area contributed by atoms with Crippen molar-refractivity contribution in [2.45, 2.75) is 6.42 Å². The van der Waals surface area contributed by atoms with E-state index in [0.29, 0.717) is 13.1 Å². The van der Waals surface area contributed by atoms with E-state index in [-0.39, 0.29) is 29.4 Å². The molecule has 0 bridgehead atoms. The summed E-state index contributed by atoms with van der Waals surface area (Å²) in [7, 11) is 0. The number of benzene rings is 1. The van der Waals surface area contributed by atoms with Crippen LogP contribution in [0.25, 0.3) is 0 Å². The molecule has 0 unspecified atom stereocenters. The predicted octanol–water partition coefficient (Wildman–Crippen LogP) is 0.644. The van der Waals surface area contributed by atoms with Gasteiger partial charge in [-0.05, 0) is 12.1 Å². The van der Waals surface area contributed by atoms with Crippen LogP contribution in [0.4, 0.5) is 0 Å². The highest BCUT2D eigenvalue weighted by Crippen LogP contribution is 2.30. The van der Waals surface area contributed by atoms with Gasteiger partial charge >= 0.3 is 5.97 Å². The number of aromatic hydroxyl groups is 2. The summed E-state index contributed by atoms with van der Waals surface area (Å²) in [5.74, 6) is -1.98. The Hall–Kier alpha value is -2.24. The molecule has 1 aromatic carbocycles. The number of phenols is 2. The topological polar surface area (TPSA) is 98.1 Å². The van der Waals surface area contributed by atoms with Gasteiger partial charge in [0.05, 0.1) is 6.42 Å². The van der Waals surface area contributed by atoms with Gasteiger partial charge in [0.15, 0.2) is 0 Å². The predicted molar refractivity (Wildman–Crippen MR) is 61.4 cm³/mol. The van der Waals surface area contributed by atoms with Crippen molar-refractivity contribution >= 4 is 11.9 Å². The molecule has 1 saturated heterocycles. The lowest BCUT2D eigenvalue weighted by Crippen LogP contribution is -2.50. The average Bonchev–Trinajstić information content (AvgIpc) is 2.22. The van der Waals surface area contributed by atoms with Gasteiger partial charge in [0.25, 0.3) is 5.91 Å². The smallest absolute Gasteiger partial charge is 0.303 e. The van der Waals surface area contributed by atoms with E-state index >= 15 is 0 Å². The fraction of sp³-hybridized carbons (Fsp3) is 0.333. The maximum atomic E-state index is 12.0. The highest BCUT2D eigenvalue weighted by molar-refractivity contribution is 5.99. The second-order valence-electron chi connectivity index (χ2n) is 4.35. The summed E-state index contributed by atoms with van der Waals surface area (Å²) in [4.78, 5) is 23.8. The Morgan fingerprint density at radius 1 is 1.22 bits per heavy atom. The van der Waals surface area contributed by atoms with Crippen LogP contribution in [-0.4, -0.2) is 45.2 Å². The zero-order valence-electron chi connectivity index (χ0n) is 9.54. The van der Waals surface area contributed by atoms with Crippen LogP contribution in [0.1, 0.15) is 16.8 Å². The minimum Gasteiger partial charge on any atom is -0.507 e. The molecule has 96 valence electrons. The number of hydrogen-bond acceptors (Lipinski definition) is 4. The fourth-order valence-electron chi connectivity index (χ4n) is 2.02. The van der Waals surface area contributed by atoms with E-state index in [9.17, 15) is 19.8 Å². The molecule has 0 atom stereocenters. The number of carbonyl (C=O) groups is 2. The molecule has 0 aromatic heterocycles. The van der Waals surface area contributed by atoms with Crippen molar-refractivity contribution in [1.82, 2.24) is 4.90 Å². The highest BCUT2D eigenvalue weighted by atomic mass is 16.4. The lowest BCUT2D eigenvalue weighted by Gasteiger charge is -2.38. The van der Waals surface area contributed by atoms with E-state index in [0.717, 1.165) is 0 Å². The van der Waals surface area contributed by atoms with E-state index < -0.39 is 11.9 Å². The molecule has 3 N–H and O–H groups in total. The number of phenolic OH excluding ortho intramolecular Hbond substituents is 2. The van der Waals surface area contributed by atoms with E-state index in [2.05, 4.69) is 0 Å². The molecule has 6 nitrogen and oxygen atoms in total. The van der Waals surface area contributed by atoms with Crippen molar-refractivity contribution in [3.63, 3.8) is 0 Å². The van der Waals surface area contributed by atoms with Gasteiger partial charge in [-0.2, -0.15) is 0 Å². The Morgan fingerprint density at radius 2 is 1.78 bits per heavy atom. The molecule has 0 saturated carbocycles. The summed E-state index contributed by atoms with van der Waals surface area (Å²) in [6, 6.07) is 4.08. The number of likely N-dealkylation sites (tertiary alicyclic amines) is 1. The van der Waals surface area contributed by atoms with Crippen molar-refractivity contribution in [2.24, 2.45) is 5.92 Å². The second kappa shape index (κ2) is 4.56. The number of carboxylic acids is 1. The van der Waals surface area contributed by atoms with Crippen LogP contribution in [-0.2, 0) is 4.79 Å². The van der Waals surface area contributed by atoms with Crippen LogP contribution in [0.2, 0.25) is 0 Å². The zero-order valence-corrected chi connectivity index (χ0v) is 9.54. The third-order valence-corrected chi connectivity index (χ3v) is 2.94. The maximum absolute atomic E-state index is 12.0. The lowest BCUT2D eigenvalue weighted by molar-refractivity contribution is -0.139. The van der Waals surface area contributed by atoms with Gasteiger partial charge in [-0.1, -0.05) is 6.07 Å². The molecular formula is C12H13NO5. The molecule has 0 aliphatic carbocycles. The van der Waals surface area contributed by atoms with Gasteiger partial charge in [0.2, 0.25) is 0 Å². The Kier molecular flexibility index (Phi) is 3.10. The quantitative estimate of drug-likeness (QED) is 0.732. The summed E-state index contributed by atoms with van der Waals surface area (Å²) in [5, 5.41) is 27.7. The van der Waals surface area contributed by atoms with Gasteiger partial charge < -0.3 is 20.2 Å². The van der Waals surface area contributed by atoms with Crippen LogP contribution < -0.4 is 0 Å². The van der Waals surface area contributed by atoms with Crippen molar-refractivity contribution in [3.05, 3.63) is 23.8 Å². The SMILES string of the molecule is O=C(O)CC1CN(C(=O)c2c(O)cccc2O)C1. The molecule has 1 heterocycles. The zero-order chi connectivity index (χ0) is 13.3. The van der Waals surface area contributed by atoms with Crippen molar-refractivity contribution < 1.29 is 24.9 Å². The molecule has 1 aliphatic rings. The first-order valence-corrected chi connectivity index (χ1v) is 5.51. The largest absolute Gasteiger partial charge is 0.507 e. The minimum atomic E-state index is -0.891. The van der Waals surface area contributed by atoms with Crippen LogP contribution in [0, 0.1) is 5.92 Å². The molecule has 6 heteroatoms. The molecule has 0 radical (unpaired) electrons. The standard InChI is InChI=1S/C12H13NO5/c14-8-2-1-3-9(15)11(8)12(18)13-5-7(6-13)4-10(16)17/h1-3,7,14-15H,4-6H2,(H,16,17). The number of carboxylic acid groups (broad SMARTS) is 1. The highest BCUT2D eigenvalue weighted by Gasteiger charge is 2.34. The van der Waals surface area contributed by atoms with E-state index in [1.165, 1.54) is 23.1 Å². The average molecular weight is 251 g/mol. The van der Waals surface area contributed by atoms with Crippen LogP contribution in [0.15, 0.2) is 18.2 Å². The molecule has 1 aromatic rings. The molecule has 2 rings (SSSR count). The number of carbonyl (C=O) groups excluding carboxylic acids is 1. The van der Waals surface area contributed by atoms with E-state index in [4.69, 9.17) is 5.11 Å². The summed E-state index contributed by atoms with van der Waals surface area (Å²) >= 11 is 0. The van der Waals surface area contributed by atoms with Gasteiger partial charge in [0, 0.05) is 19.0 Å². The first-order valence-electron chi connectivity index (χ1n) is 5.51. The Balaban J connectivity index is 2.04. The van der Waals surface area contributed by atoms with Crippen LogP contribution in [0.3, 0.4) is 0 Å². The van der Waals surface area contributed by atoms with Crippen molar-refractivity contribution in [1.29, 1.82) is 0 Å². The van der Waals surface area contributed by atoms with Crippen molar-refractivity contribution in [2.75, 3.05) is 13.1 Å². The molecular weight excluding hydrogens is 238 g/mol. The summed E-state index contributed by atoms with van der Waals surface area (Å²) in [5.41, 5.74) is -0.133. The molecule has 1 amide bonds. The Bertz CT molecular complexity index is 473. The maximum Gasteiger partial charge on any atom is 0.303 e. The van der Waals surface area contributed by atoms with Crippen molar-refractivity contribution in [3.8, 4) is 11.5 Å². The van der Waals surface area contributed by atoms with Gasteiger partial charge in [-0.25, -0.2) is 0 Å². The normalized spacial score (nSPS) is 15.2. The van der Waals surface area contributed by atoms with Gasteiger partial charge in [-0.15, -0.1) is 0 Å².